The summed E-state index contributed by atoms with van der Waals surface area (Å²) < 4.78 is 0. The third kappa shape index (κ3) is 4690. The van der Waals surface area contributed by atoms with Gasteiger partial charge in [-0.1, -0.05) is 44.6 Å². The van der Waals surface area contributed by atoms with Gasteiger partial charge in [-0.25, -0.2) is 9.59 Å². The summed E-state index contributed by atoms with van der Waals surface area (Å²) in [6.45, 7) is -0.250. The van der Waals surface area contributed by atoms with E-state index in [9.17, 15) is 0 Å². The van der Waals surface area contributed by atoms with Crippen molar-refractivity contribution in [3.63, 3.8) is 0 Å². The maximum absolute atomic E-state index is 9.10. The number of carboxylic acid groups (broad SMARTS) is 3. The van der Waals surface area contributed by atoms with Crippen molar-refractivity contribution in [3.8, 4) is 0 Å². The predicted molar refractivity (Wildman–Crippen MR) is 81.6 cm³/mol. The zero-order valence-corrected chi connectivity index (χ0v) is 7.78. The molecule has 0 aromatic rings. The van der Waals surface area contributed by atoms with Crippen LogP contribution in [-0.4, -0.2) is 57.0 Å². The average molecular weight is 356 g/mol. The molecule has 0 aliphatic carbocycles. The van der Waals surface area contributed by atoms with Gasteiger partial charge in [0, 0.05) is 0 Å². The van der Waals surface area contributed by atoms with Crippen LogP contribution in [0.2, 0.25) is 0 Å². The fourth-order valence-corrected chi connectivity index (χ4v) is 0. The molecule has 0 fully saturated rings. The van der Waals surface area contributed by atoms with E-state index in [1.807, 2.05) is 0 Å². The Morgan fingerprint density at radius 3 is 0.696 bits per heavy atom. The van der Waals surface area contributed by atoms with Gasteiger partial charge in [-0.05, 0) is 0 Å². The molecule has 0 bridgehead atoms. The molecule has 148 valence electrons. The molecule has 0 heterocycles. The second-order valence-corrected chi connectivity index (χ2v) is 0.882. The van der Waals surface area contributed by atoms with Gasteiger partial charge < -0.3 is 26.3 Å². The van der Waals surface area contributed by atoms with Crippen LogP contribution >= 0.6 is 0 Å². The van der Waals surface area contributed by atoms with E-state index in [4.69, 9.17) is 48.9 Å². The molecule has 0 aromatic heterocycles. The summed E-state index contributed by atoms with van der Waals surface area (Å²) in [5.41, 5.74) is 0. The third-order valence-electron chi connectivity index (χ3n) is 0.183. The Morgan fingerprint density at radius 2 is 0.696 bits per heavy atom. The minimum Gasteiger partial charge on any atom is -0.483 e. The first-order chi connectivity index (χ1) is 6.89. The normalized spacial score (nSPS) is 3.13. The Bertz CT molecular complexity index is 226. The van der Waals surface area contributed by atoms with E-state index in [1.54, 1.807) is 0 Å². The zero-order chi connectivity index (χ0) is 13.3. The van der Waals surface area contributed by atoms with E-state index in [-0.39, 0.29) is 74.3 Å². The van der Waals surface area contributed by atoms with Crippen molar-refractivity contribution in [1.82, 2.24) is 0 Å². The van der Waals surface area contributed by atoms with Crippen molar-refractivity contribution in [1.29, 1.82) is 0 Å². The molecule has 12 nitrogen and oxygen atoms in total. The number of carbonyl (C=O) groups is 3. The summed E-state index contributed by atoms with van der Waals surface area (Å²) in [6, 6.07) is 0. The molecule has 23 heavy (non-hydrogen) atoms. The maximum Gasteiger partial charge on any atom is 0.414 e. The molecule has 0 aliphatic heterocycles. The van der Waals surface area contributed by atoms with Gasteiger partial charge in [-0.3, -0.25) is 4.79 Å². The van der Waals surface area contributed by atoms with Crippen LogP contribution in [0.5, 0.6) is 0 Å². The summed E-state index contributed by atoms with van der Waals surface area (Å²) in [5.74, 6) is -3.65. The summed E-state index contributed by atoms with van der Waals surface area (Å²) in [6.07, 6.45) is 0.500. The van der Waals surface area contributed by atoms with Gasteiger partial charge in [0.1, 0.15) is 0 Å². The molecular weight excluding hydrogens is 324 g/mol. The highest BCUT2D eigenvalue weighted by molar-refractivity contribution is 6.27. The lowest BCUT2D eigenvalue weighted by Gasteiger charge is -1.72. The van der Waals surface area contributed by atoms with Crippen molar-refractivity contribution in [2.75, 3.05) is 0 Å². The first-order valence-electron chi connectivity index (χ1n) is 2.42. The summed E-state index contributed by atoms with van der Waals surface area (Å²) in [7, 11) is 0. The fourth-order valence-electron chi connectivity index (χ4n) is 0. The van der Waals surface area contributed by atoms with Crippen molar-refractivity contribution >= 4 is 30.7 Å². The maximum atomic E-state index is 9.10. The van der Waals surface area contributed by atoms with Gasteiger partial charge in [0.05, 0.1) is 0 Å². The molecule has 12 heteroatoms. The highest BCUT2D eigenvalue weighted by atomic mass is 16.4. The second kappa shape index (κ2) is 168. The molecular formula is C11H32O12. The Morgan fingerprint density at radius 1 is 0.652 bits per heavy atom. The van der Waals surface area contributed by atoms with E-state index >= 15 is 0 Å². The summed E-state index contributed by atoms with van der Waals surface area (Å²) >= 11 is 0. The largest absolute Gasteiger partial charge is 0.483 e. The molecule has 0 radical (unpaired) electrons. The minimum absolute atomic E-state index is 0. The molecule has 0 atom stereocenters. The number of carboxylic acids is 2. The van der Waals surface area contributed by atoms with Crippen LogP contribution in [0, 0.1) is 0 Å². The van der Waals surface area contributed by atoms with Crippen LogP contribution in [0.1, 0.15) is 44.6 Å². The molecule has 0 saturated carbocycles. The SMILES string of the molecule is C.C.C.C.C.C.O.O.O=C(O)C(=O)O.O=C=O.O=C=O.O=CO. The van der Waals surface area contributed by atoms with E-state index in [1.165, 1.54) is 0 Å². The minimum atomic E-state index is -1.82. The number of hydrogen-bond donors (Lipinski definition) is 3. The lowest BCUT2D eigenvalue weighted by atomic mass is 10.7. The predicted octanol–water partition coefficient (Wildman–Crippen LogP) is -0.143. The smallest absolute Gasteiger partial charge is 0.414 e. The standard InChI is InChI=1S/C2H2O4.CH2O2.2CO2.6CH4.2H2O/c3-1(4)2(5)6;3*2-1-3;;;;;;;;/h(H,3,4)(H,5,6);1H,(H,2,3);;;6*1H4;2*1H2. The van der Waals surface area contributed by atoms with Crippen molar-refractivity contribution < 1.29 is 59.8 Å². The summed E-state index contributed by atoms with van der Waals surface area (Å²) in [4.78, 5) is 59.1. The van der Waals surface area contributed by atoms with Crippen molar-refractivity contribution in [2.45, 2.75) is 44.6 Å². The highest BCUT2D eigenvalue weighted by Crippen LogP contribution is 1.56. The molecule has 0 spiro atoms. The number of carbonyl (C=O) groups excluding carboxylic acids is 4. The first-order valence-corrected chi connectivity index (χ1v) is 2.42. The van der Waals surface area contributed by atoms with Crippen LogP contribution in [-0.2, 0) is 33.6 Å². The van der Waals surface area contributed by atoms with Gasteiger partial charge in [-0.2, -0.15) is 19.2 Å². The van der Waals surface area contributed by atoms with Crippen molar-refractivity contribution in [3.05, 3.63) is 0 Å². The van der Waals surface area contributed by atoms with Gasteiger partial charge in [-0.15, -0.1) is 0 Å². The van der Waals surface area contributed by atoms with E-state index < -0.39 is 11.9 Å². The quantitative estimate of drug-likeness (QED) is 0.382. The molecule has 0 saturated heterocycles. The lowest BCUT2D eigenvalue weighted by Crippen LogP contribution is -2.09. The van der Waals surface area contributed by atoms with Crippen LogP contribution in [0.3, 0.4) is 0 Å². The number of hydrogen-bond acceptors (Lipinski definition) is 7. The Hall–Kier alpha value is -2.91. The molecule has 0 aliphatic rings. The van der Waals surface area contributed by atoms with Gasteiger partial charge in [0.15, 0.2) is 0 Å². The molecule has 7 N–H and O–H groups in total. The first kappa shape index (κ1) is 112. The Kier molecular flexibility index (Phi) is 819. The van der Waals surface area contributed by atoms with Crippen LogP contribution < -0.4 is 0 Å². The Balaban J connectivity index is -0.00000000654. The number of rotatable bonds is 0. The van der Waals surface area contributed by atoms with E-state index in [0.29, 0.717) is 0 Å². The van der Waals surface area contributed by atoms with E-state index in [0.717, 1.165) is 0 Å². The monoisotopic (exact) mass is 356 g/mol. The van der Waals surface area contributed by atoms with Crippen molar-refractivity contribution in [2.24, 2.45) is 0 Å². The molecule has 0 amide bonds. The average Bonchev–Trinajstić information content (AvgIpc) is 2.07. The summed E-state index contributed by atoms with van der Waals surface area (Å²) in [5, 5.41) is 21.7. The van der Waals surface area contributed by atoms with Crippen LogP contribution in [0.15, 0.2) is 0 Å². The molecule has 0 rings (SSSR count). The fraction of sp³-hybridized carbons (Fsp3) is 0.545. The second-order valence-electron chi connectivity index (χ2n) is 0.882. The zero-order valence-electron chi connectivity index (χ0n) is 7.78. The Labute approximate surface area is 136 Å². The lowest BCUT2D eigenvalue weighted by molar-refractivity contribution is -0.193. The third-order valence-corrected chi connectivity index (χ3v) is 0.183. The number of aliphatic carboxylic acids is 2. The van der Waals surface area contributed by atoms with Crippen LogP contribution in [0.4, 0.5) is 0 Å². The molecule has 0 aromatic carbocycles. The van der Waals surface area contributed by atoms with Gasteiger partial charge >= 0.3 is 24.2 Å². The topological polar surface area (TPSA) is 243 Å². The van der Waals surface area contributed by atoms with Gasteiger partial charge in [0.25, 0.3) is 6.47 Å². The van der Waals surface area contributed by atoms with E-state index in [2.05, 4.69) is 0 Å². The van der Waals surface area contributed by atoms with Crippen LogP contribution in [0.25, 0.3) is 0 Å². The molecule has 0 unspecified atom stereocenters. The highest BCUT2D eigenvalue weighted by Gasteiger charge is 2.04. The van der Waals surface area contributed by atoms with Gasteiger partial charge in [0.2, 0.25) is 0 Å².